The van der Waals surface area contributed by atoms with Gasteiger partial charge in [-0.3, -0.25) is 4.79 Å². The van der Waals surface area contributed by atoms with Crippen LogP contribution >= 0.6 is 0 Å². The number of hydrogen-bond donors (Lipinski definition) is 0. The molecule has 3 heteroatoms. The number of nitrogens with zero attached hydrogens (tertiary/aromatic N) is 2. The van der Waals surface area contributed by atoms with Crippen LogP contribution in [0.15, 0.2) is 60.9 Å². The van der Waals surface area contributed by atoms with Crippen LogP contribution in [0.1, 0.15) is 27.9 Å². The number of aryl methyl sites for hydroxylation is 3. The lowest BCUT2D eigenvalue weighted by atomic mass is 10.00. The summed E-state index contributed by atoms with van der Waals surface area (Å²) in [6.45, 7) is 4.84. The Morgan fingerprint density at radius 3 is 2.64 bits per heavy atom. The molecule has 3 aromatic carbocycles. The third-order valence-corrected chi connectivity index (χ3v) is 4.91. The molecule has 3 nitrogen and oxygen atoms in total. The Morgan fingerprint density at radius 2 is 1.76 bits per heavy atom. The molecular weight excluding hydrogens is 308 g/mol. The molecule has 0 unspecified atom stereocenters. The van der Waals surface area contributed by atoms with Gasteiger partial charge in [0.1, 0.15) is 0 Å². The summed E-state index contributed by atoms with van der Waals surface area (Å²) in [6.07, 6.45) is 2.30. The first-order valence-electron chi connectivity index (χ1n) is 8.56. The van der Waals surface area contributed by atoms with Gasteiger partial charge in [0.2, 0.25) is 0 Å². The standard InChI is InChI=1S/C22H20N2O/c1-15-12-20-21(13-16(15)2)24(14-23-20)11-10-22(25)19-9-5-7-17-6-3-4-8-18(17)19/h3-9,12-14H,10-11H2,1-2H3. The molecule has 0 atom stereocenters. The number of aromatic nitrogens is 2. The van der Waals surface area contributed by atoms with E-state index >= 15 is 0 Å². The van der Waals surface area contributed by atoms with Crippen molar-refractivity contribution in [3.63, 3.8) is 0 Å². The Kier molecular flexibility index (Phi) is 3.85. The molecule has 0 saturated heterocycles. The zero-order chi connectivity index (χ0) is 17.4. The SMILES string of the molecule is Cc1cc2ncn(CCC(=O)c3cccc4ccccc34)c2cc1C. The average Bonchev–Trinajstić information content (AvgIpc) is 3.01. The van der Waals surface area contributed by atoms with E-state index in [0.717, 1.165) is 27.4 Å². The first-order chi connectivity index (χ1) is 12.1. The van der Waals surface area contributed by atoms with Crippen LogP contribution in [-0.4, -0.2) is 15.3 Å². The predicted octanol–water partition coefficient (Wildman–Crippen LogP) is 5.08. The summed E-state index contributed by atoms with van der Waals surface area (Å²) in [5.41, 5.74) is 5.36. The second kappa shape index (κ2) is 6.17. The zero-order valence-electron chi connectivity index (χ0n) is 14.5. The Labute approximate surface area is 146 Å². The molecule has 4 rings (SSSR count). The minimum atomic E-state index is 0.169. The molecule has 0 N–H and O–H groups in total. The maximum Gasteiger partial charge on any atom is 0.165 e. The fourth-order valence-electron chi connectivity index (χ4n) is 3.32. The fraction of sp³-hybridized carbons (Fsp3) is 0.182. The number of hydrogen-bond acceptors (Lipinski definition) is 2. The molecule has 4 aromatic rings. The topological polar surface area (TPSA) is 34.9 Å². The van der Waals surface area contributed by atoms with Gasteiger partial charge >= 0.3 is 0 Å². The lowest BCUT2D eigenvalue weighted by molar-refractivity contribution is 0.0979. The number of Topliss-reactive ketones (excluding diaryl/α,β-unsaturated/α-hetero) is 1. The van der Waals surface area contributed by atoms with Gasteiger partial charge in [0, 0.05) is 18.5 Å². The summed E-state index contributed by atoms with van der Waals surface area (Å²) >= 11 is 0. The van der Waals surface area contributed by atoms with E-state index in [1.54, 1.807) is 0 Å². The van der Waals surface area contributed by atoms with Crippen LogP contribution in [0.25, 0.3) is 21.8 Å². The van der Waals surface area contributed by atoms with Crippen LogP contribution in [0.2, 0.25) is 0 Å². The maximum atomic E-state index is 12.8. The van der Waals surface area contributed by atoms with Crippen LogP contribution in [0.3, 0.4) is 0 Å². The van der Waals surface area contributed by atoms with E-state index < -0.39 is 0 Å². The van der Waals surface area contributed by atoms with Gasteiger partial charge in [-0.15, -0.1) is 0 Å². The van der Waals surface area contributed by atoms with Crippen LogP contribution in [0, 0.1) is 13.8 Å². The number of carbonyl (C=O) groups excluding carboxylic acids is 1. The fourth-order valence-corrected chi connectivity index (χ4v) is 3.32. The Morgan fingerprint density at radius 1 is 1.00 bits per heavy atom. The quantitative estimate of drug-likeness (QED) is 0.490. The van der Waals surface area contributed by atoms with Crippen LogP contribution in [0.4, 0.5) is 0 Å². The van der Waals surface area contributed by atoms with Crippen molar-refractivity contribution in [3.05, 3.63) is 77.6 Å². The first kappa shape index (κ1) is 15.6. The molecule has 0 spiro atoms. The number of fused-ring (bicyclic) bond motifs is 2. The third kappa shape index (κ3) is 2.82. The average molecular weight is 328 g/mol. The van der Waals surface area contributed by atoms with Crippen molar-refractivity contribution in [2.24, 2.45) is 0 Å². The van der Waals surface area contributed by atoms with Gasteiger partial charge < -0.3 is 4.57 Å². The highest BCUT2D eigenvalue weighted by atomic mass is 16.1. The van der Waals surface area contributed by atoms with Crippen LogP contribution in [0.5, 0.6) is 0 Å². The van der Waals surface area contributed by atoms with Gasteiger partial charge in [-0.05, 0) is 47.9 Å². The van der Waals surface area contributed by atoms with Crippen LogP contribution in [-0.2, 0) is 6.54 Å². The number of imidazole rings is 1. The molecule has 1 heterocycles. The molecular formula is C22H20N2O. The van der Waals surface area contributed by atoms with Gasteiger partial charge in [-0.25, -0.2) is 4.98 Å². The summed E-state index contributed by atoms with van der Waals surface area (Å²) < 4.78 is 2.07. The van der Waals surface area contributed by atoms with E-state index in [-0.39, 0.29) is 5.78 Å². The number of rotatable bonds is 4. The molecule has 0 saturated carbocycles. The zero-order valence-corrected chi connectivity index (χ0v) is 14.5. The second-order valence-corrected chi connectivity index (χ2v) is 6.56. The summed E-state index contributed by atoms with van der Waals surface area (Å²) in [6, 6.07) is 18.2. The third-order valence-electron chi connectivity index (χ3n) is 4.91. The highest BCUT2D eigenvalue weighted by molar-refractivity contribution is 6.08. The Bertz CT molecular complexity index is 1090. The van der Waals surface area contributed by atoms with Gasteiger partial charge in [0.25, 0.3) is 0 Å². The lowest BCUT2D eigenvalue weighted by Crippen LogP contribution is -2.06. The molecule has 0 radical (unpaired) electrons. The van der Waals surface area contributed by atoms with Crippen molar-refractivity contribution < 1.29 is 4.79 Å². The minimum absolute atomic E-state index is 0.169. The largest absolute Gasteiger partial charge is 0.330 e. The summed E-state index contributed by atoms with van der Waals surface area (Å²) in [4.78, 5) is 17.3. The summed E-state index contributed by atoms with van der Waals surface area (Å²) in [7, 11) is 0. The number of ketones is 1. The van der Waals surface area contributed by atoms with Gasteiger partial charge in [-0.1, -0.05) is 42.5 Å². The minimum Gasteiger partial charge on any atom is -0.330 e. The van der Waals surface area contributed by atoms with E-state index in [0.29, 0.717) is 13.0 Å². The first-order valence-corrected chi connectivity index (χ1v) is 8.56. The summed E-state index contributed by atoms with van der Waals surface area (Å²) in [5, 5.41) is 2.13. The van der Waals surface area contributed by atoms with Gasteiger partial charge in [0.15, 0.2) is 5.78 Å². The molecule has 124 valence electrons. The normalized spacial score (nSPS) is 11.3. The highest BCUT2D eigenvalue weighted by Gasteiger charge is 2.11. The maximum absolute atomic E-state index is 12.8. The van der Waals surface area contributed by atoms with Gasteiger partial charge in [-0.2, -0.15) is 0 Å². The van der Waals surface area contributed by atoms with E-state index in [1.807, 2.05) is 48.8 Å². The van der Waals surface area contributed by atoms with E-state index in [1.165, 1.54) is 11.1 Å². The summed E-state index contributed by atoms with van der Waals surface area (Å²) in [5.74, 6) is 0.169. The van der Waals surface area contributed by atoms with Crippen molar-refractivity contribution in [1.29, 1.82) is 0 Å². The molecule has 0 aliphatic rings. The lowest BCUT2D eigenvalue weighted by Gasteiger charge is -2.08. The smallest absolute Gasteiger partial charge is 0.165 e. The molecule has 0 fully saturated rings. The Hall–Kier alpha value is -2.94. The predicted molar refractivity (Wildman–Crippen MR) is 102 cm³/mol. The second-order valence-electron chi connectivity index (χ2n) is 6.56. The van der Waals surface area contributed by atoms with Crippen molar-refractivity contribution in [1.82, 2.24) is 9.55 Å². The molecule has 0 amide bonds. The van der Waals surface area contributed by atoms with E-state index in [9.17, 15) is 4.79 Å². The van der Waals surface area contributed by atoms with E-state index in [2.05, 4.69) is 35.5 Å². The number of carbonyl (C=O) groups is 1. The van der Waals surface area contributed by atoms with Crippen molar-refractivity contribution in [2.45, 2.75) is 26.8 Å². The van der Waals surface area contributed by atoms with Crippen LogP contribution < -0.4 is 0 Å². The molecule has 25 heavy (non-hydrogen) atoms. The molecule has 1 aromatic heterocycles. The van der Waals surface area contributed by atoms with Crippen molar-refractivity contribution in [3.8, 4) is 0 Å². The van der Waals surface area contributed by atoms with Crippen molar-refractivity contribution >= 4 is 27.6 Å². The highest BCUT2D eigenvalue weighted by Crippen LogP contribution is 2.22. The van der Waals surface area contributed by atoms with E-state index in [4.69, 9.17) is 0 Å². The molecule has 0 bridgehead atoms. The Balaban J connectivity index is 1.61. The molecule has 0 aliphatic heterocycles. The monoisotopic (exact) mass is 328 g/mol. The van der Waals surface area contributed by atoms with Crippen molar-refractivity contribution in [2.75, 3.05) is 0 Å². The van der Waals surface area contributed by atoms with Gasteiger partial charge in [0.05, 0.1) is 17.4 Å². The number of benzene rings is 3. The molecule has 0 aliphatic carbocycles.